The lowest BCUT2D eigenvalue weighted by Gasteiger charge is -2.05. The van der Waals surface area contributed by atoms with E-state index in [0.717, 1.165) is 16.2 Å². The van der Waals surface area contributed by atoms with E-state index < -0.39 is 12.7 Å². The molecule has 5 nitrogen and oxygen atoms in total. The van der Waals surface area contributed by atoms with Gasteiger partial charge in [-0.1, -0.05) is 0 Å². The molecule has 9 heteroatoms. The Bertz CT molecular complexity index is 630. The Morgan fingerprint density at radius 2 is 2.09 bits per heavy atom. The lowest BCUT2D eigenvalue weighted by atomic mass is 10.3. The Kier molecular flexibility index (Phi) is 4.69. The second-order valence-corrected chi connectivity index (χ2v) is 5.37. The van der Waals surface area contributed by atoms with Crippen molar-refractivity contribution in [1.82, 2.24) is 19.6 Å². The summed E-state index contributed by atoms with van der Waals surface area (Å²) in [6.45, 7) is -0.647. The first-order valence-electron chi connectivity index (χ1n) is 6.76. The van der Waals surface area contributed by atoms with Crippen molar-refractivity contribution in [1.29, 1.82) is 0 Å². The van der Waals surface area contributed by atoms with Crippen LogP contribution in [0, 0.1) is 0 Å². The van der Waals surface area contributed by atoms with Gasteiger partial charge in [0.25, 0.3) is 0 Å². The van der Waals surface area contributed by atoms with Crippen LogP contribution >= 0.6 is 12.4 Å². The van der Waals surface area contributed by atoms with Crippen LogP contribution in [-0.4, -0.2) is 25.7 Å². The van der Waals surface area contributed by atoms with Crippen molar-refractivity contribution in [3.8, 4) is 0 Å². The summed E-state index contributed by atoms with van der Waals surface area (Å²) in [5.41, 5.74) is 1.78. The van der Waals surface area contributed by atoms with E-state index in [0.29, 0.717) is 18.0 Å². The largest absolute Gasteiger partial charge is 0.408 e. The van der Waals surface area contributed by atoms with Crippen molar-refractivity contribution >= 4 is 18.2 Å². The van der Waals surface area contributed by atoms with Crippen molar-refractivity contribution in [2.75, 3.05) is 5.32 Å². The summed E-state index contributed by atoms with van der Waals surface area (Å²) in [5, 5.41) is 11.3. The number of hydrogen-bond donors (Lipinski definition) is 1. The third-order valence-corrected chi connectivity index (χ3v) is 3.40. The zero-order valence-corrected chi connectivity index (χ0v) is 12.8. The van der Waals surface area contributed by atoms with E-state index in [2.05, 4.69) is 15.5 Å². The van der Waals surface area contributed by atoms with Crippen molar-refractivity contribution in [3.05, 3.63) is 29.7 Å². The van der Waals surface area contributed by atoms with E-state index in [-0.39, 0.29) is 12.4 Å². The fourth-order valence-corrected chi connectivity index (χ4v) is 2.19. The van der Waals surface area contributed by atoms with E-state index in [1.807, 2.05) is 13.1 Å². The first-order chi connectivity index (χ1) is 9.90. The molecule has 0 bridgehead atoms. The van der Waals surface area contributed by atoms with Gasteiger partial charge in [-0.25, -0.2) is 0 Å². The predicted octanol–water partition coefficient (Wildman–Crippen LogP) is 3.09. The third kappa shape index (κ3) is 4.16. The quantitative estimate of drug-likeness (QED) is 0.913. The fourth-order valence-electron chi connectivity index (χ4n) is 2.19. The molecule has 0 spiro atoms. The van der Waals surface area contributed by atoms with E-state index in [4.69, 9.17) is 0 Å². The molecule has 2 aromatic rings. The molecule has 22 heavy (non-hydrogen) atoms. The number of nitrogens with one attached hydrogen (secondary N) is 1. The molecule has 0 aliphatic heterocycles. The average molecular weight is 336 g/mol. The van der Waals surface area contributed by atoms with Gasteiger partial charge in [0.15, 0.2) is 0 Å². The summed E-state index contributed by atoms with van der Waals surface area (Å²) >= 11 is 0. The minimum atomic E-state index is -4.25. The molecule has 0 aromatic carbocycles. The van der Waals surface area contributed by atoms with Gasteiger partial charge < -0.3 is 5.32 Å². The van der Waals surface area contributed by atoms with E-state index in [9.17, 15) is 13.2 Å². The van der Waals surface area contributed by atoms with Crippen molar-refractivity contribution in [3.63, 3.8) is 0 Å². The van der Waals surface area contributed by atoms with Gasteiger partial charge in [-0.2, -0.15) is 23.4 Å². The van der Waals surface area contributed by atoms with Gasteiger partial charge in [-0.05, 0) is 12.8 Å². The Labute approximate surface area is 131 Å². The number of halogens is 4. The van der Waals surface area contributed by atoms with Gasteiger partial charge in [-0.15, -0.1) is 12.4 Å². The van der Waals surface area contributed by atoms with Crippen LogP contribution in [-0.2, 0) is 20.1 Å². The van der Waals surface area contributed by atoms with Crippen LogP contribution in [0.4, 0.5) is 19.0 Å². The summed E-state index contributed by atoms with van der Waals surface area (Å²) < 4.78 is 39.4. The SMILES string of the molecule is Cl.Cn1nc(C2CC2)cc1NCc1cnn(CC(F)(F)F)c1. The van der Waals surface area contributed by atoms with Gasteiger partial charge in [0.05, 0.1) is 11.9 Å². The van der Waals surface area contributed by atoms with Crippen LogP contribution in [0.25, 0.3) is 0 Å². The number of anilines is 1. The molecular weight excluding hydrogens is 319 g/mol. The monoisotopic (exact) mass is 335 g/mol. The lowest BCUT2D eigenvalue weighted by Crippen LogP contribution is -2.17. The molecule has 2 aromatic heterocycles. The first kappa shape index (κ1) is 16.7. The van der Waals surface area contributed by atoms with Crippen molar-refractivity contribution in [2.24, 2.45) is 7.05 Å². The average Bonchev–Trinajstić information content (AvgIpc) is 3.04. The summed E-state index contributed by atoms with van der Waals surface area (Å²) in [6.07, 6.45) is 0.953. The molecule has 3 rings (SSSR count). The molecule has 0 radical (unpaired) electrons. The summed E-state index contributed by atoms with van der Waals surface area (Å²) in [7, 11) is 1.85. The summed E-state index contributed by atoms with van der Waals surface area (Å²) in [6, 6.07) is 2.00. The number of nitrogens with zero attached hydrogens (tertiary/aromatic N) is 4. The summed E-state index contributed by atoms with van der Waals surface area (Å²) in [5.74, 6) is 1.43. The van der Waals surface area contributed by atoms with Crippen LogP contribution in [0.3, 0.4) is 0 Å². The first-order valence-corrected chi connectivity index (χ1v) is 6.76. The maximum absolute atomic E-state index is 12.3. The number of aromatic nitrogens is 4. The predicted molar refractivity (Wildman–Crippen MR) is 78.0 cm³/mol. The topological polar surface area (TPSA) is 47.7 Å². The minimum absolute atomic E-state index is 0. The standard InChI is InChI=1S/C13H16F3N5.ClH/c1-20-12(4-11(19-20)10-2-3-10)17-5-9-6-18-21(7-9)8-13(14,15)16;/h4,6-7,10,17H,2-3,5,8H2,1H3;1H. The molecule has 0 amide bonds. The summed E-state index contributed by atoms with van der Waals surface area (Å²) in [4.78, 5) is 0. The van der Waals surface area contributed by atoms with Gasteiger partial charge in [0, 0.05) is 37.3 Å². The second-order valence-electron chi connectivity index (χ2n) is 5.37. The van der Waals surface area contributed by atoms with Gasteiger partial charge in [-0.3, -0.25) is 9.36 Å². The molecule has 0 saturated heterocycles. The fraction of sp³-hybridized carbons (Fsp3) is 0.538. The molecule has 1 N–H and O–H groups in total. The number of hydrogen-bond acceptors (Lipinski definition) is 3. The molecule has 2 heterocycles. The molecule has 1 saturated carbocycles. The molecule has 1 fully saturated rings. The van der Waals surface area contributed by atoms with Gasteiger partial charge >= 0.3 is 6.18 Å². The molecule has 0 atom stereocenters. The molecular formula is C13H17ClF3N5. The van der Waals surface area contributed by atoms with Crippen LogP contribution in [0.2, 0.25) is 0 Å². The Hall–Kier alpha value is -1.70. The smallest absolute Gasteiger partial charge is 0.366 e. The Morgan fingerprint density at radius 1 is 1.36 bits per heavy atom. The van der Waals surface area contributed by atoms with Crippen molar-refractivity contribution in [2.45, 2.75) is 38.0 Å². The molecule has 1 aliphatic rings. The number of aryl methyl sites for hydroxylation is 1. The number of rotatable bonds is 5. The highest BCUT2D eigenvalue weighted by Gasteiger charge is 2.28. The van der Waals surface area contributed by atoms with Crippen LogP contribution in [0.5, 0.6) is 0 Å². The molecule has 0 unspecified atom stereocenters. The zero-order valence-electron chi connectivity index (χ0n) is 12.0. The highest BCUT2D eigenvalue weighted by atomic mass is 35.5. The zero-order chi connectivity index (χ0) is 15.0. The van der Waals surface area contributed by atoms with E-state index in [1.54, 1.807) is 4.68 Å². The third-order valence-electron chi connectivity index (χ3n) is 3.40. The maximum Gasteiger partial charge on any atom is 0.408 e. The second kappa shape index (κ2) is 6.20. The molecule has 122 valence electrons. The Morgan fingerprint density at radius 3 is 2.73 bits per heavy atom. The van der Waals surface area contributed by atoms with E-state index in [1.165, 1.54) is 25.2 Å². The molecule has 1 aliphatic carbocycles. The van der Waals surface area contributed by atoms with Crippen molar-refractivity contribution < 1.29 is 13.2 Å². The minimum Gasteiger partial charge on any atom is -0.366 e. The van der Waals surface area contributed by atoms with Crippen LogP contribution in [0.15, 0.2) is 18.5 Å². The van der Waals surface area contributed by atoms with Gasteiger partial charge in [0.2, 0.25) is 0 Å². The highest BCUT2D eigenvalue weighted by molar-refractivity contribution is 5.85. The Balaban J connectivity index is 0.00000176. The van der Waals surface area contributed by atoms with Crippen LogP contribution < -0.4 is 5.32 Å². The lowest BCUT2D eigenvalue weighted by molar-refractivity contribution is -0.142. The normalized spacial score (nSPS) is 14.7. The highest BCUT2D eigenvalue weighted by Crippen LogP contribution is 2.39. The van der Waals surface area contributed by atoms with Crippen LogP contribution in [0.1, 0.15) is 30.0 Å². The van der Waals surface area contributed by atoms with Gasteiger partial charge in [0.1, 0.15) is 12.4 Å². The van der Waals surface area contributed by atoms with E-state index >= 15 is 0 Å². The number of alkyl halides is 3. The maximum atomic E-state index is 12.3.